The number of alkyl halides is 1. The molecular weight excluding hydrogens is 1400 g/mol. The maximum Gasteiger partial charge on any atom is 0.0491 e. The predicted molar refractivity (Wildman–Crippen MR) is 395 cm³/mol. The molecule has 0 N–H and O–H groups in total. The number of rotatable bonds is 20. The summed E-state index contributed by atoms with van der Waals surface area (Å²) < 4.78 is 12.3. The van der Waals surface area contributed by atoms with Gasteiger partial charge in [0.2, 0.25) is 0 Å². The summed E-state index contributed by atoms with van der Waals surface area (Å²) in [6.45, 7) is 3.26. The molecule has 3 nitrogen and oxygen atoms in total. The van der Waals surface area contributed by atoms with Crippen molar-refractivity contribution in [3.8, 4) is 22.3 Å². The summed E-state index contributed by atoms with van der Waals surface area (Å²) in [6.07, 6.45) is 18.5. The van der Waals surface area contributed by atoms with Crippen molar-refractivity contribution >= 4 is 145 Å². The normalized spacial score (nSPS) is 12.8. The summed E-state index contributed by atoms with van der Waals surface area (Å²) in [5, 5.41) is 9.36. The molecule has 0 unspecified atom stereocenters. The lowest BCUT2D eigenvalue weighted by Gasteiger charge is -2.33. The van der Waals surface area contributed by atoms with E-state index in [-0.39, 0.29) is 5.41 Å². The Balaban J connectivity index is 0.000000164. The first-order chi connectivity index (χ1) is 43.3. The SMILES string of the molecule is BrCCCCCCn1c2ccccc2c2ccccc21.Brc1ccc2c(c1)C(CCCCCCn1c3ccccc3c3ccccc31)(CCCCCCn1c3ccccc3c3ccccc31)c1cc(Br)ccc1-2.Brc1ccc2c(c1)Cc1cc(Br)ccc1-2. The highest BCUT2D eigenvalue weighted by Gasteiger charge is 2.42. The third-order valence-electron chi connectivity index (χ3n) is 18.9. The molecule has 0 bridgehead atoms. The highest BCUT2D eigenvalue weighted by molar-refractivity contribution is 9.11. The molecule has 3 heterocycles. The summed E-state index contributed by atoms with van der Waals surface area (Å²) in [6, 6.07) is 80.2. The number of aryl methyl sites for hydroxylation is 3. The summed E-state index contributed by atoms with van der Waals surface area (Å²) in [5.41, 5.74) is 19.7. The van der Waals surface area contributed by atoms with Gasteiger partial charge in [-0.25, -0.2) is 0 Å². The predicted octanol–water partition coefficient (Wildman–Crippen LogP) is 25.5. The van der Waals surface area contributed by atoms with Gasteiger partial charge >= 0.3 is 0 Å². The van der Waals surface area contributed by atoms with Gasteiger partial charge in [0.15, 0.2) is 0 Å². The molecule has 0 amide bonds. The fourth-order valence-electron chi connectivity index (χ4n) is 14.8. The monoisotopic (exact) mass is 1470 g/mol. The zero-order valence-electron chi connectivity index (χ0n) is 50.0. The minimum atomic E-state index is 0.0396. The third kappa shape index (κ3) is 12.6. The number of nitrogens with zero attached hydrogens (tertiary/aromatic N) is 3. The van der Waals surface area contributed by atoms with Gasteiger partial charge in [-0.1, -0.05) is 264 Å². The lowest BCUT2D eigenvalue weighted by molar-refractivity contribution is 0.396. The van der Waals surface area contributed by atoms with Gasteiger partial charge < -0.3 is 13.7 Å². The number of halogens is 5. The second kappa shape index (κ2) is 28.0. The molecule has 0 aliphatic heterocycles. The van der Waals surface area contributed by atoms with Gasteiger partial charge in [0.1, 0.15) is 0 Å². The first kappa shape index (κ1) is 60.9. The van der Waals surface area contributed by atoms with Crippen molar-refractivity contribution in [2.45, 2.75) is 121 Å². The first-order valence-corrected chi connectivity index (χ1v) is 36.2. The highest BCUT2D eigenvalue weighted by atomic mass is 79.9. The van der Waals surface area contributed by atoms with Crippen LogP contribution in [0.25, 0.3) is 87.7 Å². The number of unbranched alkanes of at least 4 members (excludes halogenated alkanes) is 9. The van der Waals surface area contributed by atoms with Gasteiger partial charge in [0, 0.05) is 114 Å². The van der Waals surface area contributed by atoms with Crippen LogP contribution in [-0.2, 0) is 31.5 Å². The van der Waals surface area contributed by atoms with Crippen LogP contribution >= 0.6 is 79.6 Å². The molecule has 2 aliphatic rings. The Morgan fingerprint density at radius 1 is 0.284 bits per heavy atom. The lowest BCUT2D eigenvalue weighted by atomic mass is 9.70. The number of para-hydroxylation sites is 6. The summed E-state index contributed by atoms with van der Waals surface area (Å²) in [5.74, 6) is 0. The molecule has 0 atom stereocenters. The Labute approximate surface area is 561 Å². The molecule has 3 aromatic heterocycles. The Morgan fingerprint density at radius 3 is 0.875 bits per heavy atom. The molecule has 0 saturated heterocycles. The van der Waals surface area contributed by atoms with E-state index < -0.39 is 0 Å². The average Bonchev–Trinajstić information content (AvgIpc) is 2.15. The van der Waals surface area contributed by atoms with Gasteiger partial charge in [-0.15, -0.1) is 0 Å². The van der Waals surface area contributed by atoms with E-state index in [0.29, 0.717) is 0 Å². The van der Waals surface area contributed by atoms with E-state index >= 15 is 0 Å². The van der Waals surface area contributed by atoms with Crippen molar-refractivity contribution in [3.05, 3.63) is 259 Å². The fourth-order valence-corrected chi connectivity index (χ4v) is 16.7. The molecule has 0 spiro atoms. The Kier molecular flexibility index (Phi) is 19.4. The van der Waals surface area contributed by atoms with Gasteiger partial charge in [-0.3, -0.25) is 0 Å². The van der Waals surface area contributed by atoms with E-state index in [4.69, 9.17) is 0 Å². The third-order valence-corrected chi connectivity index (χ3v) is 21.4. The number of aromatic nitrogens is 3. The van der Waals surface area contributed by atoms with Crippen LogP contribution in [-0.4, -0.2) is 19.0 Å². The number of hydrogen-bond donors (Lipinski definition) is 0. The van der Waals surface area contributed by atoms with Crippen molar-refractivity contribution in [2.75, 3.05) is 5.33 Å². The summed E-state index contributed by atoms with van der Waals surface area (Å²) in [4.78, 5) is 0. The second-order valence-corrected chi connectivity index (χ2v) is 28.7. The van der Waals surface area contributed by atoms with E-state index in [9.17, 15) is 0 Å². The fraction of sp³-hybridized carbons (Fsp3) is 0.250. The second-order valence-electron chi connectivity index (χ2n) is 24.2. The zero-order chi connectivity index (χ0) is 60.0. The molecular formula is C80H74Br5N3. The average molecular weight is 1480 g/mol. The number of fused-ring (bicyclic) bond motifs is 15. The Hall–Kier alpha value is -6.00. The molecule has 10 aromatic carbocycles. The largest absolute Gasteiger partial charge is 0.340 e. The maximum atomic E-state index is 3.87. The zero-order valence-corrected chi connectivity index (χ0v) is 57.9. The minimum absolute atomic E-state index is 0.0396. The van der Waals surface area contributed by atoms with Crippen molar-refractivity contribution in [1.82, 2.24) is 13.7 Å². The van der Waals surface area contributed by atoms with Crippen molar-refractivity contribution in [3.63, 3.8) is 0 Å². The van der Waals surface area contributed by atoms with E-state index in [1.54, 1.807) is 0 Å². The van der Waals surface area contributed by atoms with Crippen LogP contribution in [0.1, 0.15) is 112 Å². The Morgan fingerprint density at radius 2 is 0.557 bits per heavy atom. The molecule has 2 aliphatic carbocycles. The van der Waals surface area contributed by atoms with Crippen LogP contribution in [0.5, 0.6) is 0 Å². The van der Waals surface area contributed by atoms with E-state index in [2.05, 4.69) is 312 Å². The van der Waals surface area contributed by atoms with Crippen molar-refractivity contribution in [2.24, 2.45) is 0 Å². The first-order valence-electron chi connectivity index (χ1n) is 31.9. The van der Waals surface area contributed by atoms with E-state index in [0.717, 1.165) is 40.3 Å². The minimum Gasteiger partial charge on any atom is -0.340 e. The molecule has 0 fully saturated rings. The van der Waals surface area contributed by atoms with Gasteiger partial charge in [0.05, 0.1) is 0 Å². The van der Waals surface area contributed by atoms with Crippen LogP contribution in [0, 0.1) is 0 Å². The van der Waals surface area contributed by atoms with Gasteiger partial charge in [-0.05, 0) is 174 Å². The molecule has 0 saturated carbocycles. The molecule has 88 heavy (non-hydrogen) atoms. The maximum absolute atomic E-state index is 3.87. The number of benzene rings is 10. The molecule has 8 heteroatoms. The number of hydrogen-bond acceptors (Lipinski definition) is 0. The van der Waals surface area contributed by atoms with Crippen LogP contribution in [0.3, 0.4) is 0 Å². The van der Waals surface area contributed by atoms with Crippen LogP contribution in [0.15, 0.2) is 236 Å². The van der Waals surface area contributed by atoms with Crippen molar-refractivity contribution in [1.29, 1.82) is 0 Å². The van der Waals surface area contributed by atoms with Crippen LogP contribution < -0.4 is 0 Å². The standard InChI is InChI=1S/C49H46Br2N2.C18H20BrN.C13H8Br2/c50-35-25-27-37-38-28-26-36(51)34-44(38)49(43(37)33-35,29-13-1-3-15-31-52-45-21-9-5-17-39(45)40-18-6-10-22-46(40)52)30-14-2-4-16-32-53-47-23-11-7-19-41(47)42-20-8-12-24-48(42)53;19-13-7-1-2-8-14-20-17-11-5-3-9-15(17)16-10-4-6-12-18(16)20;14-10-1-3-12-8(6-10)5-9-7-11(15)2-4-13(9)12/h5-12,17-28,33-34H,1-4,13-16,29-32H2;3-6,9-12H,1-2,7-8,13-14H2;1-4,6-7H,5H2. The topological polar surface area (TPSA) is 14.8 Å². The Bertz CT molecular complexity index is 4210. The van der Waals surface area contributed by atoms with E-state index in [1.165, 1.54) is 209 Å². The quantitative estimate of drug-likeness (QED) is 0.0534. The molecule has 15 rings (SSSR count). The molecule has 13 aromatic rings. The summed E-state index contributed by atoms with van der Waals surface area (Å²) in [7, 11) is 0. The van der Waals surface area contributed by atoms with Gasteiger partial charge in [0.25, 0.3) is 0 Å². The molecule has 0 radical (unpaired) electrons. The highest BCUT2D eigenvalue weighted by Crippen LogP contribution is 2.55. The summed E-state index contributed by atoms with van der Waals surface area (Å²) >= 11 is 18.3. The van der Waals surface area contributed by atoms with Gasteiger partial charge in [-0.2, -0.15) is 0 Å². The van der Waals surface area contributed by atoms with Crippen LogP contribution in [0.4, 0.5) is 0 Å². The van der Waals surface area contributed by atoms with E-state index in [1.807, 2.05) is 0 Å². The smallest absolute Gasteiger partial charge is 0.0491 e. The lowest BCUT2D eigenvalue weighted by Crippen LogP contribution is -2.25. The van der Waals surface area contributed by atoms with Crippen LogP contribution in [0.2, 0.25) is 0 Å². The molecule has 444 valence electrons. The van der Waals surface area contributed by atoms with Crippen molar-refractivity contribution < 1.29 is 0 Å².